The van der Waals surface area contributed by atoms with Crippen LogP contribution in [-0.4, -0.2) is 15.0 Å². The molecule has 0 aliphatic rings. The van der Waals surface area contributed by atoms with E-state index in [1.165, 1.54) is 6.20 Å². The van der Waals surface area contributed by atoms with Crippen LogP contribution in [0.4, 0.5) is 0 Å². The average molecular weight is 203 g/mol. The zero-order valence-corrected chi connectivity index (χ0v) is 8.82. The molecular formula is C11H13N3O. The maximum atomic E-state index is 11.1. The van der Waals surface area contributed by atoms with Gasteiger partial charge in [0.05, 0.1) is 17.4 Å². The summed E-state index contributed by atoms with van der Waals surface area (Å²) in [6, 6.07) is 1.77. The third kappa shape index (κ3) is 1.75. The van der Waals surface area contributed by atoms with Gasteiger partial charge < -0.3 is 4.98 Å². The number of rotatable bonds is 2. The molecule has 0 saturated heterocycles. The molecule has 0 aliphatic heterocycles. The summed E-state index contributed by atoms with van der Waals surface area (Å²) >= 11 is 0. The molecule has 0 bridgehead atoms. The molecule has 4 nitrogen and oxygen atoms in total. The van der Waals surface area contributed by atoms with Crippen LogP contribution in [0.2, 0.25) is 0 Å². The number of hydrogen-bond acceptors (Lipinski definition) is 3. The average Bonchev–Trinajstić information content (AvgIpc) is 2.26. The predicted octanol–water partition coefficient (Wildman–Crippen LogP) is 1.83. The molecule has 0 aromatic carbocycles. The minimum atomic E-state index is -0.177. The van der Waals surface area contributed by atoms with E-state index in [4.69, 9.17) is 0 Å². The summed E-state index contributed by atoms with van der Waals surface area (Å²) in [7, 11) is 0. The van der Waals surface area contributed by atoms with Crippen molar-refractivity contribution in [2.75, 3.05) is 0 Å². The van der Waals surface area contributed by atoms with Gasteiger partial charge in [0.15, 0.2) is 0 Å². The fourth-order valence-corrected chi connectivity index (χ4v) is 1.55. The minimum absolute atomic E-state index is 0.177. The number of hydrogen-bond donors (Lipinski definition) is 1. The number of nitrogens with zero attached hydrogens (tertiary/aromatic N) is 2. The van der Waals surface area contributed by atoms with Gasteiger partial charge in [-0.25, -0.2) is 4.98 Å². The van der Waals surface area contributed by atoms with Crippen LogP contribution in [0.3, 0.4) is 0 Å². The Morgan fingerprint density at radius 2 is 2.27 bits per heavy atom. The van der Waals surface area contributed by atoms with Crippen molar-refractivity contribution in [1.29, 1.82) is 0 Å². The van der Waals surface area contributed by atoms with Crippen LogP contribution >= 0.6 is 0 Å². The van der Waals surface area contributed by atoms with Crippen molar-refractivity contribution in [3.8, 4) is 0 Å². The molecule has 1 atom stereocenters. The first-order valence-corrected chi connectivity index (χ1v) is 5.06. The Balaban J connectivity index is 2.71. The third-order valence-electron chi connectivity index (χ3n) is 2.60. The van der Waals surface area contributed by atoms with E-state index in [2.05, 4.69) is 28.8 Å². The number of pyridine rings is 1. The van der Waals surface area contributed by atoms with Crippen LogP contribution in [0, 0.1) is 0 Å². The van der Waals surface area contributed by atoms with Crippen molar-refractivity contribution in [2.24, 2.45) is 0 Å². The van der Waals surface area contributed by atoms with E-state index in [-0.39, 0.29) is 5.56 Å². The van der Waals surface area contributed by atoms with Gasteiger partial charge in [0.25, 0.3) is 5.56 Å². The van der Waals surface area contributed by atoms with E-state index in [1.54, 1.807) is 12.3 Å². The van der Waals surface area contributed by atoms with Crippen LogP contribution in [0.1, 0.15) is 31.9 Å². The highest BCUT2D eigenvalue weighted by Crippen LogP contribution is 2.21. The van der Waals surface area contributed by atoms with Gasteiger partial charge in [-0.1, -0.05) is 13.8 Å². The summed E-state index contributed by atoms with van der Waals surface area (Å²) in [6.07, 6.45) is 4.02. The lowest BCUT2D eigenvalue weighted by Gasteiger charge is -2.09. The fourth-order valence-electron chi connectivity index (χ4n) is 1.55. The lowest BCUT2D eigenvalue weighted by Crippen LogP contribution is -2.07. The summed E-state index contributed by atoms with van der Waals surface area (Å²) in [4.78, 5) is 22.3. The maximum Gasteiger partial charge on any atom is 0.266 e. The van der Waals surface area contributed by atoms with Crippen molar-refractivity contribution in [3.63, 3.8) is 0 Å². The van der Waals surface area contributed by atoms with Crippen LogP contribution in [-0.2, 0) is 0 Å². The van der Waals surface area contributed by atoms with E-state index in [1.807, 2.05) is 0 Å². The molecule has 0 aliphatic carbocycles. The smallest absolute Gasteiger partial charge is 0.266 e. The van der Waals surface area contributed by atoms with E-state index >= 15 is 0 Å². The molecule has 0 spiro atoms. The minimum Gasteiger partial charge on any atom is -0.319 e. The number of fused-ring (bicyclic) bond motifs is 1. The Hall–Kier alpha value is -1.71. The van der Waals surface area contributed by atoms with Gasteiger partial charge in [-0.05, 0) is 12.5 Å². The molecule has 4 heteroatoms. The SMILES string of the molecule is CCC(C)c1nccc2[nH]c(=O)cnc12. The van der Waals surface area contributed by atoms with Gasteiger partial charge >= 0.3 is 0 Å². The normalized spacial score (nSPS) is 12.9. The first-order valence-electron chi connectivity index (χ1n) is 5.06. The van der Waals surface area contributed by atoms with Crippen molar-refractivity contribution >= 4 is 11.0 Å². The highest BCUT2D eigenvalue weighted by Gasteiger charge is 2.10. The predicted molar refractivity (Wildman–Crippen MR) is 58.9 cm³/mol. The zero-order chi connectivity index (χ0) is 10.8. The van der Waals surface area contributed by atoms with Gasteiger partial charge in [0.2, 0.25) is 0 Å². The fraction of sp³-hybridized carbons (Fsp3) is 0.364. The van der Waals surface area contributed by atoms with Crippen molar-refractivity contribution in [3.05, 3.63) is 34.5 Å². The van der Waals surface area contributed by atoms with Crippen LogP contribution < -0.4 is 5.56 Å². The Labute approximate surface area is 87.4 Å². The van der Waals surface area contributed by atoms with Crippen LogP contribution in [0.5, 0.6) is 0 Å². The second-order valence-electron chi connectivity index (χ2n) is 3.65. The first-order chi connectivity index (χ1) is 7.22. The largest absolute Gasteiger partial charge is 0.319 e. The number of aromatic nitrogens is 3. The van der Waals surface area contributed by atoms with Gasteiger partial charge in [-0.15, -0.1) is 0 Å². The van der Waals surface area contributed by atoms with Crippen LogP contribution in [0.25, 0.3) is 11.0 Å². The standard InChI is InChI=1S/C11H13N3O/c1-3-7(2)10-11-8(4-5-12-10)14-9(15)6-13-11/h4-7H,3H2,1-2H3,(H,14,15). The molecule has 1 unspecified atom stereocenters. The van der Waals surface area contributed by atoms with Crippen molar-refractivity contribution < 1.29 is 0 Å². The summed E-state index contributed by atoms with van der Waals surface area (Å²) < 4.78 is 0. The highest BCUT2D eigenvalue weighted by molar-refractivity contribution is 5.76. The summed E-state index contributed by atoms with van der Waals surface area (Å²) in [6.45, 7) is 4.21. The van der Waals surface area contributed by atoms with Gasteiger partial charge in [-0.2, -0.15) is 0 Å². The molecular weight excluding hydrogens is 190 g/mol. The maximum absolute atomic E-state index is 11.1. The molecule has 0 amide bonds. The monoisotopic (exact) mass is 203 g/mol. The number of nitrogens with one attached hydrogen (secondary N) is 1. The highest BCUT2D eigenvalue weighted by atomic mass is 16.1. The van der Waals surface area contributed by atoms with E-state index in [0.29, 0.717) is 5.92 Å². The molecule has 2 heterocycles. The second-order valence-corrected chi connectivity index (χ2v) is 3.65. The van der Waals surface area contributed by atoms with Crippen LogP contribution in [0.15, 0.2) is 23.3 Å². The molecule has 0 fully saturated rings. The van der Waals surface area contributed by atoms with E-state index < -0.39 is 0 Å². The number of aromatic amines is 1. The quantitative estimate of drug-likeness (QED) is 0.810. The lowest BCUT2D eigenvalue weighted by atomic mass is 10.0. The van der Waals surface area contributed by atoms with E-state index in [0.717, 1.165) is 23.1 Å². The van der Waals surface area contributed by atoms with Gasteiger partial charge in [-0.3, -0.25) is 9.78 Å². The summed E-state index contributed by atoms with van der Waals surface area (Å²) in [5.74, 6) is 0.354. The first kappa shape index (κ1) is 9.83. The lowest BCUT2D eigenvalue weighted by molar-refractivity contribution is 0.713. The van der Waals surface area contributed by atoms with E-state index in [9.17, 15) is 4.79 Å². The number of H-pyrrole nitrogens is 1. The second kappa shape index (κ2) is 3.81. The zero-order valence-electron chi connectivity index (χ0n) is 8.82. The summed E-state index contributed by atoms with van der Waals surface area (Å²) in [5.41, 5.74) is 2.33. The van der Waals surface area contributed by atoms with Crippen molar-refractivity contribution in [2.45, 2.75) is 26.2 Å². The molecule has 0 radical (unpaired) electrons. The molecule has 1 N–H and O–H groups in total. The Morgan fingerprint density at radius 3 is 3.00 bits per heavy atom. The molecule has 0 saturated carbocycles. The molecule has 2 aromatic heterocycles. The van der Waals surface area contributed by atoms with Gasteiger partial charge in [0.1, 0.15) is 5.52 Å². The Bertz CT molecular complexity index is 533. The van der Waals surface area contributed by atoms with Crippen molar-refractivity contribution in [1.82, 2.24) is 15.0 Å². The summed E-state index contributed by atoms with van der Waals surface area (Å²) in [5, 5.41) is 0. The van der Waals surface area contributed by atoms with Gasteiger partial charge in [0, 0.05) is 12.1 Å². The topological polar surface area (TPSA) is 58.6 Å². The molecule has 15 heavy (non-hydrogen) atoms. The molecule has 2 rings (SSSR count). The Morgan fingerprint density at radius 1 is 1.47 bits per heavy atom. The Kier molecular flexibility index (Phi) is 2.49. The third-order valence-corrected chi connectivity index (χ3v) is 2.60. The molecule has 78 valence electrons. The molecule has 2 aromatic rings.